The molecule has 0 saturated carbocycles. The van der Waals surface area contributed by atoms with E-state index in [1.165, 1.54) is 0 Å². The number of amides is 2. The fourth-order valence-corrected chi connectivity index (χ4v) is 5.12. The Morgan fingerprint density at radius 1 is 1.22 bits per heavy atom. The summed E-state index contributed by atoms with van der Waals surface area (Å²) in [4.78, 5) is 37.6. The van der Waals surface area contributed by atoms with E-state index >= 15 is 0 Å². The van der Waals surface area contributed by atoms with Crippen LogP contribution in [0.25, 0.3) is 0 Å². The van der Waals surface area contributed by atoms with E-state index in [-0.39, 0.29) is 24.0 Å². The van der Waals surface area contributed by atoms with Gasteiger partial charge in [-0.15, -0.1) is 0 Å². The van der Waals surface area contributed by atoms with Gasteiger partial charge in [0.1, 0.15) is 11.2 Å². The van der Waals surface area contributed by atoms with Gasteiger partial charge < -0.3 is 20.5 Å². The van der Waals surface area contributed by atoms with E-state index in [1.54, 1.807) is 43.3 Å². The van der Waals surface area contributed by atoms with Crippen LogP contribution in [0.2, 0.25) is 10.0 Å². The first-order chi connectivity index (χ1) is 15.1. The summed E-state index contributed by atoms with van der Waals surface area (Å²) in [5.74, 6) is -2.21. The minimum absolute atomic E-state index is 0.0387. The molecular formula is C23H20Cl2N2O5. The Hall–Kier alpha value is -3.03. The molecule has 2 amide bonds. The number of carboxylic acids is 1. The fourth-order valence-electron chi connectivity index (χ4n) is 4.77. The molecule has 0 unspecified atom stereocenters. The first kappa shape index (κ1) is 22.2. The zero-order valence-corrected chi connectivity index (χ0v) is 18.6. The number of carboxylic acid groups (broad SMARTS) is 1. The highest BCUT2D eigenvalue weighted by molar-refractivity contribution is 6.31. The number of fused-ring (bicyclic) bond motifs is 2. The van der Waals surface area contributed by atoms with Crippen molar-refractivity contribution in [2.75, 3.05) is 11.9 Å². The molecule has 0 radical (unpaired) electrons. The van der Waals surface area contributed by atoms with Crippen LogP contribution in [0.4, 0.5) is 5.69 Å². The largest absolute Gasteiger partial charge is 0.482 e. The van der Waals surface area contributed by atoms with Gasteiger partial charge in [-0.1, -0.05) is 41.4 Å². The number of aliphatic carboxylic acids is 1. The maximum Gasteiger partial charge on any atom is 0.341 e. The molecule has 2 aliphatic rings. The highest BCUT2D eigenvalue weighted by atomic mass is 35.5. The van der Waals surface area contributed by atoms with Gasteiger partial charge in [0.25, 0.3) is 0 Å². The van der Waals surface area contributed by atoms with Gasteiger partial charge in [-0.3, -0.25) is 9.59 Å². The normalized spacial score (nSPS) is 24.0. The van der Waals surface area contributed by atoms with Crippen LogP contribution in [0.3, 0.4) is 0 Å². The molecule has 2 aromatic rings. The Balaban J connectivity index is 1.98. The van der Waals surface area contributed by atoms with Crippen LogP contribution in [-0.4, -0.2) is 35.5 Å². The smallest absolute Gasteiger partial charge is 0.341 e. The number of hydrogen-bond acceptors (Lipinski definition) is 4. The molecule has 2 heterocycles. The first-order valence-electron chi connectivity index (χ1n) is 9.85. The molecule has 166 valence electrons. The molecule has 3 atom stereocenters. The predicted molar refractivity (Wildman–Crippen MR) is 120 cm³/mol. The molecule has 0 bridgehead atoms. The summed E-state index contributed by atoms with van der Waals surface area (Å²) in [5, 5.41) is 15.7. The average molecular weight is 475 g/mol. The Morgan fingerprint density at radius 2 is 1.91 bits per heavy atom. The van der Waals surface area contributed by atoms with E-state index in [4.69, 9.17) is 33.0 Å². The minimum Gasteiger partial charge on any atom is -0.482 e. The van der Waals surface area contributed by atoms with Gasteiger partial charge in [-0.05, 0) is 42.8 Å². The second-order valence-corrected chi connectivity index (χ2v) is 8.85. The zero-order valence-electron chi connectivity index (χ0n) is 17.1. The van der Waals surface area contributed by atoms with Crippen molar-refractivity contribution in [1.29, 1.82) is 0 Å². The quantitative estimate of drug-likeness (QED) is 0.570. The summed E-state index contributed by atoms with van der Waals surface area (Å²) in [6.07, 6.45) is -0.0387. The van der Waals surface area contributed by atoms with Gasteiger partial charge in [-0.25, -0.2) is 4.79 Å². The predicted octanol–water partition coefficient (Wildman–Crippen LogP) is 3.90. The van der Waals surface area contributed by atoms with Gasteiger partial charge in [-0.2, -0.15) is 0 Å². The van der Waals surface area contributed by atoms with Gasteiger partial charge in [0.2, 0.25) is 11.8 Å². The van der Waals surface area contributed by atoms with Gasteiger partial charge in [0, 0.05) is 33.6 Å². The Labute approximate surface area is 194 Å². The molecule has 7 nitrogen and oxygen atoms in total. The monoisotopic (exact) mass is 474 g/mol. The number of anilines is 1. The summed E-state index contributed by atoms with van der Waals surface area (Å²) >= 11 is 12.4. The molecule has 1 spiro atoms. The van der Waals surface area contributed by atoms with Crippen molar-refractivity contribution >= 4 is 46.7 Å². The number of nitrogens with one attached hydrogen (secondary N) is 2. The lowest BCUT2D eigenvalue weighted by Gasteiger charge is -2.46. The van der Waals surface area contributed by atoms with Crippen LogP contribution in [0.1, 0.15) is 30.4 Å². The third-order valence-electron chi connectivity index (χ3n) is 5.94. The molecule has 0 aliphatic carbocycles. The number of hydrogen-bond donors (Lipinski definition) is 3. The van der Waals surface area contributed by atoms with E-state index < -0.39 is 30.0 Å². The summed E-state index contributed by atoms with van der Waals surface area (Å²) in [6.45, 7) is 5.19. The van der Waals surface area contributed by atoms with Crippen LogP contribution < -0.4 is 15.4 Å². The summed E-state index contributed by atoms with van der Waals surface area (Å²) < 4.78 is 5.52. The molecule has 32 heavy (non-hydrogen) atoms. The summed E-state index contributed by atoms with van der Waals surface area (Å²) in [5.41, 5.74) is 1.01. The molecule has 4 rings (SSSR count). The molecule has 0 aromatic heterocycles. The van der Waals surface area contributed by atoms with Crippen LogP contribution in [0.5, 0.6) is 5.75 Å². The molecule has 3 N–H and O–H groups in total. The van der Waals surface area contributed by atoms with E-state index in [0.29, 0.717) is 32.4 Å². The van der Waals surface area contributed by atoms with Crippen molar-refractivity contribution in [2.24, 2.45) is 0 Å². The molecule has 2 aromatic carbocycles. The lowest BCUT2D eigenvalue weighted by Crippen LogP contribution is -2.62. The Kier molecular flexibility index (Phi) is 5.65. The lowest BCUT2D eigenvalue weighted by molar-refractivity contribution is -0.139. The molecule has 2 aliphatic heterocycles. The Morgan fingerprint density at radius 3 is 2.59 bits per heavy atom. The summed E-state index contributed by atoms with van der Waals surface area (Å²) in [6, 6.07) is 9.11. The van der Waals surface area contributed by atoms with Crippen LogP contribution >= 0.6 is 23.2 Å². The number of carbonyl (C=O) groups is 3. The standard InChI is InChI=1S/C23H20Cl2N2O5/c1-11(2)21-23(15-5-3-13(25)8-17(15)26-22(23)31)16(9-19(28)27-21)14-7-12(24)4-6-18(14)32-10-20(29)30/h3-8,16,21H,1,9-10H2,2H3,(H,26,31)(H,27,28)(H,29,30)/t16-,21+,23-/m0/s1. The minimum atomic E-state index is -1.26. The van der Waals surface area contributed by atoms with E-state index in [0.717, 1.165) is 0 Å². The number of benzene rings is 2. The first-order valence-corrected chi connectivity index (χ1v) is 10.6. The summed E-state index contributed by atoms with van der Waals surface area (Å²) in [7, 11) is 0. The molecule has 1 fully saturated rings. The topological polar surface area (TPSA) is 105 Å². The van der Waals surface area contributed by atoms with E-state index in [9.17, 15) is 14.4 Å². The molecule has 1 saturated heterocycles. The fraction of sp³-hybridized carbons (Fsp3) is 0.261. The third-order valence-corrected chi connectivity index (χ3v) is 6.41. The maximum absolute atomic E-state index is 13.7. The number of carbonyl (C=O) groups excluding carboxylic acids is 2. The van der Waals surface area contributed by atoms with Crippen molar-refractivity contribution in [3.8, 4) is 5.75 Å². The van der Waals surface area contributed by atoms with E-state index in [1.807, 2.05) is 0 Å². The van der Waals surface area contributed by atoms with Crippen molar-refractivity contribution in [3.63, 3.8) is 0 Å². The van der Waals surface area contributed by atoms with Gasteiger partial charge >= 0.3 is 5.97 Å². The zero-order chi connectivity index (χ0) is 23.2. The SMILES string of the molecule is C=C(C)[C@H]1NC(=O)C[C@@H](c2cc(Cl)ccc2OCC(=O)O)[C@]12C(=O)Nc1cc(Cl)ccc12. The Bertz CT molecular complexity index is 1170. The highest BCUT2D eigenvalue weighted by Gasteiger charge is 2.61. The molecular weight excluding hydrogens is 455 g/mol. The highest BCUT2D eigenvalue weighted by Crippen LogP contribution is 2.55. The van der Waals surface area contributed by atoms with Crippen molar-refractivity contribution in [3.05, 3.63) is 69.7 Å². The second-order valence-electron chi connectivity index (χ2n) is 7.98. The van der Waals surface area contributed by atoms with Crippen molar-refractivity contribution in [2.45, 2.75) is 30.7 Å². The van der Waals surface area contributed by atoms with Crippen LogP contribution in [0.15, 0.2) is 48.6 Å². The number of halogens is 2. The van der Waals surface area contributed by atoms with E-state index in [2.05, 4.69) is 17.2 Å². The van der Waals surface area contributed by atoms with Crippen molar-refractivity contribution < 1.29 is 24.2 Å². The van der Waals surface area contributed by atoms with Crippen molar-refractivity contribution in [1.82, 2.24) is 5.32 Å². The third kappa shape index (κ3) is 3.51. The second kappa shape index (κ2) is 8.15. The van der Waals surface area contributed by atoms with Crippen LogP contribution in [0, 0.1) is 0 Å². The number of ether oxygens (including phenoxy) is 1. The number of piperidine rings is 1. The maximum atomic E-state index is 13.7. The van der Waals surface area contributed by atoms with Gasteiger partial charge in [0.05, 0.1) is 6.04 Å². The van der Waals surface area contributed by atoms with Crippen LogP contribution in [-0.2, 0) is 19.8 Å². The lowest BCUT2D eigenvalue weighted by atomic mass is 9.59. The number of rotatable bonds is 5. The van der Waals surface area contributed by atoms with Gasteiger partial charge in [0.15, 0.2) is 6.61 Å². The molecule has 9 heteroatoms. The average Bonchev–Trinajstić information content (AvgIpc) is 2.99.